The zero-order valence-electron chi connectivity index (χ0n) is 15.6. The van der Waals surface area contributed by atoms with Crippen molar-refractivity contribution >= 4 is 40.9 Å². The number of ether oxygens (including phenoxy) is 1. The van der Waals surface area contributed by atoms with Crippen molar-refractivity contribution in [2.45, 2.75) is 33.7 Å². The second kappa shape index (κ2) is 7.92. The average molecular weight is 386 g/mol. The molecule has 1 N–H and O–H groups in total. The van der Waals surface area contributed by atoms with E-state index < -0.39 is 10.8 Å². The SMILES string of the molecule is CCc1cccc2c1N=CC2=Cc1sc(=O)n(CC(=O)OCC(C)C)c1O. The molecule has 2 heterocycles. The van der Waals surface area contributed by atoms with Crippen LogP contribution in [0.1, 0.15) is 36.8 Å². The van der Waals surface area contributed by atoms with Crippen LogP contribution in [0.25, 0.3) is 11.6 Å². The molecule has 0 bridgehead atoms. The van der Waals surface area contributed by atoms with Crippen LogP contribution >= 0.6 is 11.3 Å². The molecule has 6 nitrogen and oxygen atoms in total. The van der Waals surface area contributed by atoms with E-state index in [4.69, 9.17) is 4.74 Å². The first-order valence-corrected chi connectivity index (χ1v) is 9.68. The lowest BCUT2D eigenvalue weighted by Crippen LogP contribution is -2.21. The van der Waals surface area contributed by atoms with Gasteiger partial charge in [0.1, 0.15) is 6.54 Å². The molecule has 0 spiro atoms. The summed E-state index contributed by atoms with van der Waals surface area (Å²) in [4.78, 5) is 28.5. The lowest BCUT2D eigenvalue weighted by molar-refractivity contribution is -0.145. The molecule has 0 radical (unpaired) electrons. The predicted octanol–water partition coefficient (Wildman–Crippen LogP) is 3.63. The lowest BCUT2D eigenvalue weighted by Gasteiger charge is -2.07. The number of aromatic hydroxyl groups is 1. The number of aliphatic imine (C=N–C) groups is 1. The number of hydrogen-bond donors (Lipinski definition) is 1. The number of hydrogen-bond acceptors (Lipinski definition) is 6. The molecule has 0 unspecified atom stereocenters. The molecule has 1 aliphatic heterocycles. The molecule has 1 aromatic carbocycles. The molecular formula is C20H22N2O4S. The summed E-state index contributed by atoms with van der Waals surface area (Å²) < 4.78 is 6.13. The number of aryl methyl sites for hydroxylation is 1. The first kappa shape index (κ1) is 19.1. The van der Waals surface area contributed by atoms with E-state index in [1.807, 2.05) is 32.0 Å². The molecule has 7 heteroatoms. The van der Waals surface area contributed by atoms with Crippen LogP contribution in [0.4, 0.5) is 5.69 Å². The zero-order valence-corrected chi connectivity index (χ0v) is 16.4. The van der Waals surface area contributed by atoms with Gasteiger partial charge in [-0.1, -0.05) is 50.3 Å². The van der Waals surface area contributed by atoms with E-state index >= 15 is 0 Å². The van der Waals surface area contributed by atoms with Crippen LogP contribution in [-0.4, -0.2) is 28.5 Å². The van der Waals surface area contributed by atoms with Gasteiger partial charge in [0, 0.05) is 17.4 Å². The van der Waals surface area contributed by atoms with Crippen LogP contribution in [0, 0.1) is 5.92 Å². The van der Waals surface area contributed by atoms with E-state index in [0.717, 1.165) is 44.7 Å². The summed E-state index contributed by atoms with van der Waals surface area (Å²) in [6, 6.07) is 5.97. The summed E-state index contributed by atoms with van der Waals surface area (Å²) >= 11 is 0.890. The Morgan fingerprint density at radius 1 is 1.41 bits per heavy atom. The summed E-state index contributed by atoms with van der Waals surface area (Å²) in [5.74, 6) is -0.567. The van der Waals surface area contributed by atoms with Gasteiger partial charge in [-0.3, -0.25) is 19.1 Å². The minimum atomic E-state index is -0.543. The van der Waals surface area contributed by atoms with Crippen molar-refractivity contribution in [1.82, 2.24) is 4.57 Å². The fourth-order valence-electron chi connectivity index (χ4n) is 2.80. The quantitative estimate of drug-likeness (QED) is 0.769. The second-order valence-electron chi connectivity index (χ2n) is 6.74. The summed E-state index contributed by atoms with van der Waals surface area (Å²) in [5, 5.41) is 10.4. The van der Waals surface area contributed by atoms with Gasteiger partial charge in [0.2, 0.25) is 5.88 Å². The van der Waals surface area contributed by atoms with Gasteiger partial charge in [0.05, 0.1) is 17.2 Å². The van der Waals surface area contributed by atoms with E-state index in [0.29, 0.717) is 4.88 Å². The number of nitrogens with zero attached hydrogens (tertiary/aromatic N) is 2. The third-order valence-electron chi connectivity index (χ3n) is 4.19. The standard InChI is InChI=1S/C20H22N2O4S/c1-4-13-6-5-7-15-14(9-21-18(13)15)8-16-19(24)22(20(25)27-16)10-17(23)26-11-12(2)3/h5-9,12,24H,4,10-11H2,1-3H3. The van der Waals surface area contributed by atoms with Crippen molar-refractivity contribution in [1.29, 1.82) is 0 Å². The second-order valence-corrected chi connectivity index (χ2v) is 7.74. The first-order valence-electron chi connectivity index (χ1n) is 8.87. The van der Waals surface area contributed by atoms with Gasteiger partial charge >= 0.3 is 10.8 Å². The summed E-state index contributed by atoms with van der Waals surface area (Å²) in [7, 11) is 0. The Morgan fingerprint density at radius 3 is 2.89 bits per heavy atom. The van der Waals surface area contributed by atoms with E-state index in [1.54, 1.807) is 12.3 Å². The number of aromatic nitrogens is 1. The van der Waals surface area contributed by atoms with Crippen LogP contribution in [0.5, 0.6) is 5.88 Å². The number of rotatable bonds is 6. The van der Waals surface area contributed by atoms with E-state index in [-0.39, 0.29) is 24.9 Å². The van der Waals surface area contributed by atoms with Gasteiger partial charge in [-0.2, -0.15) is 0 Å². The van der Waals surface area contributed by atoms with Crippen molar-refractivity contribution in [2.24, 2.45) is 10.9 Å². The van der Waals surface area contributed by atoms with Gasteiger partial charge in [-0.05, 0) is 24.0 Å². The van der Waals surface area contributed by atoms with Crippen molar-refractivity contribution in [2.75, 3.05) is 6.61 Å². The number of thiazole rings is 1. The molecule has 27 heavy (non-hydrogen) atoms. The number of carbonyl (C=O) groups is 1. The zero-order chi connectivity index (χ0) is 19.6. The molecule has 142 valence electrons. The molecule has 0 amide bonds. The van der Waals surface area contributed by atoms with Crippen LogP contribution in [0.3, 0.4) is 0 Å². The maximum absolute atomic E-state index is 12.2. The van der Waals surface area contributed by atoms with Gasteiger partial charge in [-0.25, -0.2) is 0 Å². The van der Waals surface area contributed by atoms with Gasteiger partial charge in [-0.15, -0.1) is 0 Å². The van der Waals surface area contributed by atoms with Crippen molar-refractivity contribution in [3.05, 3.63) is 43.9 Å². The molecule has 1 aromatic heterocycles. The summed E-state index contributed by atoms with van der Waals surface area (Å²) in [6.45, 7) is 5.90. The predicted molar refractivity (Wildman–Crippen MR) is 108 cm³/mol. The Hall–Kier alpha value is -2.67. The molecule has 0 atom stereocenters. The Kier molecular flexibility index (Phi) is 5.60. The Bertz CT molecular complexity index is 982. The largest absolute Gasteiger partial charge is 0.493 e. The number of benzene rings is 1. The maximum atomic E-state index is 12.2. The minimum absolute atomic E-state index is 0.205. The lowest BCUT2D eigenvalue weighted by atomic mass is 10.0. The van der Waals surface area contributed by atoms with Gasteiger partial charge in [0.25, 0.3) is 0 Å². The number of carbonyl (C=O) groups excluding carboxylic acids is 1. The number of fused-ring (bicyclic) bond motifs is 1. The fourth-order valence-corrected chi connectivity index (χ4v) is 3.64. The number of allylic oxidation sites excluding steroid dienone is 1. The third kappa shape index (κ3) is 4.03. The smallest absolute Gasteiger partial charge is 0.326 e. The highest BCUT2D eigenvalue weighted by atomic mass is 32.1. The summed E-state index contributed by atoms with van der Waals surface area (Å²) in [5.41, 5.74) is 3.87. The summed E-state index contributed by atoms with van der Waals surface area (Å²) in [6.07, 6.45) is 4.34. The number of esters is 1. The Labute approximate surface area is 161 Å². The van der Waals surface area contributed by atoms with E-state index in [9.17, 15) is 14.7 Å². The molecule has 0 saturated heterocycles. The monoisotopic (exact) mass is 386 g/mol. The molecule has 3 rings (SSSR count). The van der Waals surface area contributed by atoms with Crippen LogP contribution < -0.4 is 4.87 Å². The highest BCUT2D eigenvalue weighted by Crippen LogP contribution is 2.37. The van der Waals surface area contributed by atoms with Crippen molar-refractivity contribution in [3.63, 3.8) is 0 Å². The number of para-hydroxylation sites is 1. The molecule has 0 saturated carbocycles. The molecule has 0 aliphatic carbocycles. The van der Waals surface area contributed by atoms with Crippen LogP contribution in [-0.2, 0) is 22.5 Å². The highest BCUT2D eigenvalue weighted by molar-refractivity contribution is 7.10. The average Bonchev–Trinajstić information content (AvgIpc) is 3.16. The minimum Gasteiger partial charge on any atom is -0.493 e. The van der Waals surface area contributed by atoms with E-state index in [2.05, 4.69) is 11.9 Å². The molecule has 2 aromatic rings. The third-order valence-corrected chi connectivity index (χ3v) is 5.10. The molecular weight excluding hydrogens is 364 g/mol. The topological polar surface area (TPSA) is 80.9 Å². The molecule has 1 aliphatic rings. The van der Waals surface area contributed by atoms with Gasteiger partial charge in [0.15, 0.2) is 0 Å². The fraction of sp³-hybridized carbons (Fsp3) is 0.350. The van der Waals surface area contributed by atoms with E-state index in [1.165, 1.54) is 0 Å². The first-order chi connectivity index (χ1) is 12.9. The highest BCUT2D eigenvalue weighted by Gasteiger charge is 2.19. The Morgan fingerprint density at radius 2 is 2.19 bits per heavy atom. The van der Waals surface area contributed by atoms with Gasteiger partial charge < -0.3 is 9.84 Å². The molecule has 0 fully saturated rings. The maximum Gasteiger partial charge on any atom is 0.326 e. The van der Waals surface area contributed by atoms with Crippen LogP contribution in [0.2, 0.25) is 0 Å². The van der Waals surface area contributed by atoms with Crippen LogP contribution in [0.15, 0.2) is 28.0 Å². The van der Waals surface area contributed by atoms with Crippen molar-refractivity contribution in [3.8, 4) is 5.88 Å². The Balaban J connectivity index is 1.87. The normalized spacial score (nSPS) is 14.1. The van der Waals surface area contributed by atoms with Crippen molar-refractivity contribution < 1.29 is 14.6 Å².